The van der Waals surface area contributed by atoms with Crippen molar-refractivity contribution in [3.8, 4) is 0 Å². The van der Waals surface area contributed by atoms with E-state index in [0.717, 1.165) is 0 Å². The van der Waals surface area contributed by atoms with Crippen LogP contribution in [0.3, 0.4) is 0 Å². The SMILES string of the molecule is CC(C)S/C(=C\Cl)C(=O)Nc1ccc(F)cc1. The van der Waals surface area contributed by atoms with Gasteiger partial charge in [-0.15, -0.1) is 11.8 Å². The van der Waals surface area contributed by atoms with Crippen molar-refractivity contribution in [1.29, 1.82) is 0 Å². The van der Waals surface area contributed by atoms with Gasteiger partial charge in [-0.2, -0.15) is 0 Å². The van der Waals surface area contributed by atoms with Crippen LogP contribution in [-0.2, 0) is 4.79 Å². The fraction of sp³-hybridized carbons (Fsp3) is 0.250. The highest BCUT2D eigenvalue weighted by molar-refractivity contribution is 8.04. The summed E-state index contributed by atoms with van der Waals surface area (Å²) in [5.74, 6) is -0.627. The predicted molar refractivity (Wildman–Crippen MR) is 71.7 cm³/mol. The van der Waals surface area contributed by atoms with E-state index in [4.69, 9.17) is 11.6 Å². The quantitative estimate of drug-likeness (QED) is 0.841. The molecule has 1 aromatic rings. The molecule has 17 heavy (non-hydrogen) atoms. The van der Waals surface area contributed by atoms with Crippen LogP contribution in [0.5, 0.6) is 0 Å². The first-order valence-electron chi connectivity index (χ1n) is 5.07. The summed E-state index contributed by atoms with van der Waals surface area (Å²) in [6.07, 6.45) is 0. The first kappa shape index (κ1) is 14.1. The fourth-order valence-corrected chi connectivity index (χ4v) is 2.08. The van der Waals surface area contributed by atoms with Gasteiger partial charge in [0, 0.05) is 16.5 Å². The number of amides is 1. The molecule has 0 unspecified atom stereocenters. The van der Waals surface area contributed by atoms with E-state index in [1.807, 2.05) is 13.8 Å². The Labute approximate surface area is 109 Å². The van der Waals surface area contributed by atoms with E-state index in [1.54, 1.807) is 0 Å². The van der Waals surface area contributed by atoms with Crippen LogP contribution in [0.25, 0.3) is 0 Å². The molecule has 0 aliphatic carbocycles. The van der Waals surface area contributed by atoms with Gasteiger partial charge in [-0.1, -0.05) is 25.4 Å². The summed E-state index contributed by atoms with van der Waals surface area (Å²) >= 11 is 6.97. The molecule has 0 bridgehead atoms. The second-order valence-corrected chi connectivity index (χ2v) is 5.44. The number of benzene rings is 1. The minimum Gasteiger partial charge on any atom is -0.322 e. The summed E-state index contributed by atoms with van der Waals surface area (Å²) in [4.78, 5) is 12.2. The van der Waals surface area contributed by atoms with Gasteiger partial charge in [0.1, 0.15) is 5.82 Å². The van der Waals surface area contributed by atoms with Crippen molar-refractivity contribution in [3.63, 3.8) is 0 Å². The third-order valence-corrected chi connectivity index (χ3v) is 3.16. The van der Waals surface area contributed by atoms with Gasteiger partial charge in [0.2, 0.25) is 0 Å². The number of rotatable bonds is 4. The van der Waals surface area contributed by atoms with Crippen LogP contribution in [0, 0.1) is 5.82 Å². The Balaban J connectivity index is 2.68. The number of carbonyl (C=O) groups is 1. The van der Waals surface area contributed by atoms with Crippen molar-refractivity contribution in [2.75, 3.05) is 5.32 Å². The summed E-state index contributed by atoms with van der Waals surface area (Å²) in [5, 5.41) is 2.91. The van der Waals surface area contributed by atoms with E-state index in [-0.39, 0.29) is 17.0 Å². The number of hydrogen-bond donors (Lipinski definition) is 1. The van der Waals surface area contributed by atoms with Gasteiger partial charge in [0.25, 0.3) is 5.91 Å². The summed E-state index contributed by atoms with van der Waals surface area (Å²) in [6, 6.07) is 5.57. The van der Waals surface area contributed by atoms with Crippen LogP contribution in [0.2, 0.25) is 0 Å². The normalized spacial score (nSPS) is 11.7. The molecular formula is C12H13ClFNOS. The molecule has 0 aliphatic rings. The van der Waals surface area contributed by atoms with Crippen LogP contribution in [0.15, 0.2) is 34.7 Å². The number of anilines is 1. The molecule has 0 atom stereocenters. The Hall–Kier alpha value is -1.00. The monoisotopic (exact) mass is 273 g/mol. The van der Waals surface area contributed by atoms with Gasteiger partial charge in [0.05, 0.1) is 4.91 Å². The number of hydrogen-bond acceptors (Lipinski definition) is 2. The van der Waals surface area contributed by atoms with Gasteiger partial charge in [-0.25, -0.2) is 4.39 Å². The summed E-state index contributed by atoms with van der Waals surface area (Å²) in [5.41, 5.74) is 1.79. The molecule has 1 N–H and O–H groups in total. The van der Waals surface area contributed by atoms with Crippen molar-refractivity contribution in [2.24, 2.45) is 0 Å². The molecule has 1 aromatic carbocycles. The van der Waals surface area contributed by atoms with E-state index in [1.165, 1.54) is 41.6 Å². The molecule has 1 amide bonds. The molecule has 0 spiro atoms. The highest BCUT2D eigenvalue weighted by atomic mass is 35.5. The van der Waals surface area contributed by atoms with Gasteiger partial charge >= 0.3 is 0 Å². The highest BCUT2D eigenvalue weighted by Crippen LogP contribution is 2.23. The van der Waals surface area contributed by atoms with Crippen LogP contribution in [0.1, 0.15) is 13.8 Å². The molecule has 0 radical (unpaired) electrons. The smallest absolute Gasteiger partial charge is 0.262 e. The van der Waals surface area contributed by atoms with Gasteiger partial charge in [-0.05, 0) is 24.3 Å². The maximum atomic E-state index is 12.7. The summed E-state index contributed by atoms with van der Waals surface area (Å²) in [7, 11) is 0. The Morgan fingerprint density at radius 2 is 2.00 bits per heavy atom. The Morgan fingerprint density at radius 3 is 2.47 bits per heavy atom. The van der Waals surface area contributed by atoms with Gasteiger partial charge < -0.3 is 5.32 Å². The zero-order chi connectivity index (χ0) is 12.8. The highest BCUT2D eigenvalue weighted by Gasteiger charge is 2.11. The van der Waals surface area contributed by atoms with Crippen LogP contribution < -0.4 is 5.32 Å². The molecule has 0 saturated heterocycles. The standard InChI is InChI=1S/C12H13ClFNOS/c1-8(2)17-11(7-13)12(16)15-10-5-3-9(14)4-6-10/h3-8H,1-2H3,(H,15,16)/b11-7-. The number of thioether (sulfide) groups is 1. The molecule has 1 rings (SSSR count). The first-order chi connectivity index (χ1) is 8.02. The average molecular weight is 274 g/mol. The lowest BCUT2D eigenvalue weighted by Gasteiger charge is -2.09. The van der Waals surface area contributed by atoms with Crippen LogP contribution in [-0.4, -0.2) is 11.2 Å². The maximum absolute atomic E-state index is 12.7. The Morgan fingerprint density at radius 1 is 1.41 bits per heavy atom. The van der Waals surface area contributed by atoms with Crippen molar-refractivity contribution >= 4 is 35.0 Å². The Bertz CT molecular complexity index is 417. The summed E-state index contributed by atoms with van der Waals surface area (Å²) in [6.45, 7) is 3.94. The molecule has 5 heteroatoms. The third-order valence-electron chi connectivity index (χ3n) is 1.79. The summed E-state index contributed by atoms with van der Waals surface area (Å²) < 4.78 is 12.7. The molecule has 92 valence electrons. The number of nitrogens with one attached hydrogen (secondary N) is 1. The lowest BCUT2D eigenvalue weighted by Crippen LogP contribution is -2.13. The predicted octanol–water partition coefficient (Wildman–Crippen LogP) is 3.99. The second-order valence-electron chi connectivity index (χ2n) is 3.60. The number of halogens is 2. The Kier molecular flexibility index (Phi) is 5.51. The minimum atomic E-state index is -0.340. The first-order valence-corrected chi connectivity index (χ1v) is 6.38. The van der Waals surface area contributed by atoms with Crippen molar-refractivity contribution in [3.05, 3.63) is 40.5 Å². The molecule has 2 nitrogen and oxygen atoms in total. The lowest BCUT2D eigenvalue weighted by atomic mass is 10.3. The van der Waals surface area contributed by atoms with E-state index < -0.39 is 0 Å². The van der Waals surface area contributed by atoms with Crippen molar-refractivity contribution in [2.45, 2.75) is 19.1 Å². The van der Waals surface area contributed by atoms with Gasteiger partial charge in [0.15, 0.2) is 0 Å². The zero-order valence-electron chi connectivity index (χ0n) is 9.54. The molecule has 0 fully saturated rings. The molecule has 0 aliphatic heterocycles. The largest absolute Gasteiger partial charge is 0.322 e. The van der Waals surface area contributed by atoms with E-state index >= 15 is 0 Å². The third kappa shape index (κ3) is 4.79. The topological polar surface area (TPSA) is 29.1 Å². The molecule has 0 saturated carbocycles. The van der Waals surface area contributed by atoms with Crippen LogP contribution in [0.4, 0.5) is 10.1 Å². The zero-order valence-corrected chi connectivity index (χ0v) is 11.1. The van der Waals surface area contributed by atoms with Crippen molar-refractivity contribution < 1.29 is 9.18 Å². The van der Waals surface area contributed by atoms with E-state index in [2.05, 4.69) is 5.32 Å². The lowest BCUT2D eigenvalue weighted by molar-refractivity contribution is -0.112. The molecule has 0 heterocycles. The van der Waals surface area contributed by atoms with E-state index in [0.29, 0.717) is 10.6 Å². The van der Waals surface area contributed by atoms with E-state index in [9.17, 15) is 9.18 Å². The van der Waals surface area contributed by atoms with Gasteiger partial charge in [-0.3, -0.25) is 4.79 Å². The molecule has 0 aromatic heterocycles. The minimum absolute atomic E-state index is 0.263. The average Bonchev–Trinajstić information content (AvgIpc) is 2.28. The molecular weight excluding hydrogens is 261 g/mol. The maximum Gasteiger partial charge on any atom is 0.262 e. The second kappa shape index (κ2) is 6.67. The number of carbonyl (C=O) groups excluding carboxylic acids is 1. The van der Waals surface area contributed by atoms with Crippen molar-refractivity contribution in [1.82, 2.24) is 0 Å². The van der Waals surface area contributed by atoms with Crippen LogP contribution >= 0.6 is 23.4 Å². The fourth-order valence-electron chi connectivity index (χ4n) is 1.11.